The molecule has 0 saturated heterocycles. The van der Waals surface area contributed by atoms with Crippen LogP contribution < -0.4 is 20.1 Å². The van der Waals surface area contributed by atoms with Crippen molar-refractivity contribution < 1.29 is 28.5 Å². The summed E-state index contributed by atoms with van der Waals surface area (Å²) in [6.07, 6.45) is 0. The van der Waals surface area contributed by atoms with Crippen molar-refractivity contribution in [3.63, 3.8) is 0 Å². The summed E-state index contributed by atoms with van der Waals surface area (Å²) >= 11 is 0. The maximum atomic E-state index is 11.3. The fraction of sp³-hybridized carbons (Fsp3) is 0.300. The summed E-state index contributed by atoms with van der Waals surface area (Å²) in [6, 6.07) is 14.6. The molecule has 0 aliphatic rings. The Balaban J connectivity index is 1.85. The molecular formula is C20H24N2O6. The number of benzene rings is 2. The molecule has 2 aromatic rings. The summed E-state index contributed by atoms with van der Waals surface area (Å²) in [5.41, 5.74) is 1.38. The highest BCUT2D eigenvalue weighted by Crippen LogP contribution is 2.25. The Labute approximate surface area is 163 Å². The third kappa shape index (κ3) is 6.71. The lowest BCUT2D eigenvalue weighted by Crippen LogP contribution is -2.17. The number of nitrogens with one attached hydrogen (secondary N) is 2. The molecule has 0 aliphatic heterocycles. The van der Waals surface area contributed by atoms with Crippen LogP contribution in [0.25, 0.3) is 0 Å². The zero-order valence-corrected chi connectivity index (χ0v) is 15.9. The summed E-state index contributed by atoms with van der Waals surface area (Å²) in [7, 11) is 2.67. The average molecular weight is 388 g/mol. The number of carbonyl (C=O) groups is 2. The number of anilines is 2. The molecule has 2 aromatic carbocycles. The molecule has 28 heavy (non-hydrogen) atoms. The van der Waals surface area contributed by atoms with E-state index in [2.05, 4.69) is 20.1 Å². The van der Waals surface area contributed by atoms with Gasteiger partial charge in [-0.3, -0.25) is 9.59 Å². The van der Waals surface area contributed by atoms with Gasteiger partial charge in [-0.25, -0.2) is 0 Å². The fourth-order valence-electron chi connectivity index (χ4n) is 2.26. The molecule has 0 unspecified atom stereocenters. The highest BCUT2D eigenvalue weighted by molar-refractivity contribution is 5.76. The van der Waals surface area contributed by atoms with Crippen LogP contribution in [0.4, 0.5) is 11.4 Å². The Morgan fingerprint density at radius 3 is 1.50 bits per heavy atom. The van der Waals surface area contributed by atoms with Crippen LogP contribution in [0.5, 0.6) is 11.5 Å². The third-order valence-corrected chi connectivity index (χ3v) is 3.67. The van der Waals surface area contributed by atoms with Crippen molar-refractivity contribution in [2.24, 2.45) is 0 Å². The average Bonchev–Trinajstić information content (AvgIpc) is 2.74. The second-order valence-electron chi connectivity index (χ2n) is 5.55. The fourth-order valence-corrected chi connectivity index (χ4v) is 2.26. The van der Waals surface area contributed by atoms with Crippen LogP contribution in [0.1, 0.15) is 0 Å². The van der Waals surface area contributed by atoms with Crippen molar-refractivity contribution in [1.82, 2.24) is 0 Å². The van der Waals surface area contributed by atoms with E-state index in [-0.39, 0.29) is 25.0 Å². The van der Waals surface area contributed by atoms with Gasteiger partial charge < -0.3 is 29.6 Å². The van der Waals surface area contributed by atoms with Gasteiger partial charge in [-0.1, -0.05) is 24.3 Å². The SMILES string of the molecule is COC(=O)CNc1ccccc1OCCOc1ccccc1NCC(=O)OC. The smallest absolute Gasteiger partial charge is 0.325 e. The van der Waals surface area contributed by atoms with Gasteiger partial charge in [0.1, 0.15) is 37.8 Å². The van der Waals surface area contributed by atoms with Crippen LogP contribution in [0.3, 0.4) is 0 Å². The van der Waals surface area contributed by atoms with Crippen molar-refractivity contribution >= 4 is 23.3 Å². The summed E-state index contributed by atoms with van der Waals surface area (Å²) in [5.74, 6) is 0.475. The highest BCUT2D eigenvalue weighted by atomic mass is 16.5. The van der Waals surface area contributed by atoms with Crippen LogP contribution in [0.15, 0.2) is 48.5 Å². The quantitative estimate of drug-likeness (QED) is 0.447. The molecule has 0 bridgehead atoms. The first-order valence-corrected chi connectivity index (χ1v) is 8.69. The lowest BCUT2D eigenvalue weighted by molar-refractivity contribution is -0.139. The number of hydrogen-bond acceptors (Lipinski definition) is 8. The van der Waals surface area contributed by atoms with Crippen molar-refractivity contribution in [3.05, 3.63) is 48.5 Å². The van der Waals surface area contributed by atoms with Gasteiger partial charge in [-0.05, 0) is 24.3 Å². The Morgan fingerprint density at radius 1 is 0.714 bits per heavy atom. The Kier molecular flexibility index (Phi) is 8.45. The lowest BCUT2D eigenvalue weighted by Gasteiger charge is -2.15. The topological polar surface area (TPSA) is 95.1 Å². The van der Waals surface area contributed by atoms with E-state index in [9.17, 15) is 9.59 Å². The number of rotatable bonds is 11. The Hall–Kier alpha value is -3.42. The first-order chi connectivity index (χ1) is 13.6. The van der Waals surface area contributed by atoms with Gasteiger partial charge in [0.25, 0.3) is 0 Å². The molecule has 8 nitrogen and oxygen atoms in total. The van der Waals surface area contributed by atoms with Gasteiger partial charge >= 0.3 is 11.9 Å². The Morgan fingerprint density at radius 2 is 1.11 bits per heavy atom. The van der Waals surface area contributed by atoms with Gasteiger partial charge in [0.15, 0.2) is 0 Å². The normalized spacial score (nSPS) is 9.93. The molecule has 2 N–H and O–H groups in total. The number of hydrogen-bond donors (Lipinski definition) is 2. The number of ether oxygens (including phenoxy) is 4. The van der Waals surface area contributed by atoms with E-state index < -0.39 is 0 Å². The van der Waals surface area contributed by atoms with Crippen LogP contribution in [-0.4, -0.2) is 52.5 Å². The summed E-state index contributed by atoms with van der Waals surface area (Å²) in [4.78, 5) is 22.6. The van der Waals surface area contributed by atoms with Crippen molar-refractivity contribution in [1.29, 1.82) is 0 Å². The molecule has 150 valence electrons. The monoisotopic (exact) mass is 388 g/mol. The molecule has 0 saturated carbocycles. The lowest BCUT2D eigenvalue weighted by atomic mass is 10.3. The second kappa shape index (κ2) is 11.3. The number of esters is 2. The molecular weight excluding hydrogens is 364 g/mol. The van der Waals surface area contributed by atoms with Gasteiger partial charge in [-0.2, -0.15) is 0 Å². The second-order valence-corrected chi connectivity index (χ2v) is 5.55. The molecule has 0 aliphatic carbocycles. The standard InChI is InChI=1S/C20H24N2O6/c1-25-19(23)13-21-15-7-3-5-9-17(15)27-11-12-28-18-10-6-4-8-16(18)22-14-20(24)26-2/h3-10,21-22H,11-14H2,1-2H3. The minimum atomic E-state index is -0.366. The predicted octanol–water partition coefficient (Wildman–Crippen LogP) is 2.31. The third-order valence-electron chi connectivity index (χ3n) is 3.67. The number of methoxy groups -OCH3 is 2. The molecule has 0 fully saturated rings. The molecule has 0 heterocycles. The van der Waals surface area contributed by atoms with Gasteiger partial charge in [-0.15, -0.1) is 0 Å². The number of carbonyl (C=O) groups excluding carboxylic acids is 2. The molecule has 0 radical (unpaired) electrons. The molecule has 0 spiro atoms. The molecule has 0 aromatic heterocycles. The van der Waals surface area contributed by atoms with E-state index in [1.807, 2.05) is 36.4 Å². The zero-order chi connectivity index (χ0) is 20.2. The largest absolute Gasteiger partial charge is 0.488 e. The van der Waals surface area contributed by atoms with E-state index >= 15 is 0 Å². The molecule has 0 amide bonds. The first-order valence-electron chi connectivity index (χ1n) is 8.69. The molecule has 8 heteroatoms. The van der Waals surface area contributed by atoms with E-state index in [0.717, 1.165) is 0 Å². The summed E-state index contributed by atoms with van der Waals surface area (Å²) < 4.78 is 20.7. The van der Waals surface area contributed by atoms with Crippen molar-refractivity contribution in [2.45, 2.75) is 0 Å². The molecule has 0 atom stereocenters. The van der Waals surface area contributed by atoms with E-state index in [1.165, 1.54) is 14.2 Å². The van der Waals surface area contributed by atoms with Crippen LogP contribution in [0, 0.1) is 0 Å². The maximum absolute atomic E-state index is 11.3. The first kappa shape index (κ1) is 20.9. The summed E-state index contributed by atoms with van der Waals surface area (Å²) in [5, 5.41) is 5.94. The van der Waals surface area contributed by atoms with Gasteiger partial charge in [0, 0.05) is 0 Å². The van der Waals surface area contributed by atoms with Gasteiger partial charge in [0.05, 0.1) is 25.6 Å². The minimum Gasteiger partial charge on any atom is -0.488 e. The zero-order valence-electron chi connectivity index (χ0n) is 15.9. The maximum Gasteiger partial charge on any atom is 0.325 e. The van der Waals surface area contributed by atoms with E-state index in [4.69, 9.17) is 9.47 Å². The van der Waals surface area contributed by atoms with Crippen LogP contribution in [0.2, 0.25) is 0 Å². The van der Waals surface area contributed by atoms with Crippen LogP contribution in [-0.2, 0) is 19.1 Å². The highest BCUT2D eigenvalue weighted by Gasteiger charge is 2.07. The van der Waals surface area contributed by atoms with Gasteiger partial charge in [0.2, 0.25) is 0 Å². The van der Waals surface area contributed by atoms with E-state index in [0.29, 0.717) is 36.1 Å². The summed E-state index contributed by atoms with van der Waals surface area (Å²) in [6.45, 7) is 0.684. The van der Waals surface area contributed by atoms with Crippen LogP contribution >= 0.6 is 0 Å². The molecule has 2 rings (SSSR count). The minimum absolute atomic E-state index is 0.0482. The van der Waals surface area contributed by atoms with Crippen molar-refractivity contribution in [2.75, 3.05) is 51.2 Å². The van der Waals surface area contributed by atoms with Crippen molar-refractivity contribution in [3.8, 4) is 11.5 Å². The predicted molar refractivity (Wildman–Crippen MR) is 105 cm³/mol. The van der Waals surface area contributed by atoms with E-state index in [1.54, 1.807) is 12.1 Å². The Bertz CT molecular complexity index is 715. The number of para-hydroxylation sites is 4.